The predicted octanol–water partition coefficient (Wildman–Crippen LogP) is -20.6. The molecule has 584 valence electrons. The standard InChI is InChI=1S/C36H60O30.C18H32O16/c37-1-7-25-13(43)19(49)31(55-7)62-26-8(2-38)57-33(21(51)15(26)45)64-28-10(4-40)59-35(23(53)17(28)47)66-30-12(6-42)60-36(24(54)18(30)48)65-29-11(5-41)58-34(22(52)16(29)46)63-27-9(3-39)56-32(61-25)20(50)14(27)44;19-1-4-7(22)8(23)12(27)17(31-4)34-15-6(3-21)32-18(13(28)10(15)25)33-14-5(2-20)30-16(29)11(26)9(14)24/h7-54H,1-6H2;4-29H,1-3H2/t7-,8-,9-,10-,11-,12-,13-,14-,15-,16-,17-,18-,19-,20-,21-,22-,23-,24-,25-,26-,27-,28-,29-,30-,31-,32-,33-,34-,35-,36-;4-,5-,6-,7-,8+,9-,10-,11-,12-,13-,14-,15-,16?,17+,18+/m11/s1. The molecular weight excluding hydrogens is 1380 g/mol. The summed E-state index contributed by atoms with van der Waals surface area (Å²) in [7, 11) is 0. The Morgan fingerprint density at radius 2 is 0.380 bits per heavy atom. The van der Waals surface area contributed by atoms with Crippen LogP contribution in [0, 0.1) is 0 Å². The molecule has 0 amide bonds. The number of hydrogen-bond acceptors (Lipinski definition) is 46. The Morgan fingerprint density at radius 1 is 0.170 bits per heavy atom. The highest BCUT2D eigenvalue weighted by Crippen LogP contribution is 2.40. The van der Waals surface area contributed by atoms with E-state index in [1.165, 1.54) is 0 Å². The van der Waals surface area contributed by atoms with Crippen molar-refractivity contribution in [2.75, 3.05) is 59.5 Å². The molecule has 25 aliphatic rings. The molecule has 0 radical (unpaired) electrons. The second kappa shape index (κ2) is 35.5. The van der Waals surface area contributed by atoms with Crippen LogP contribution in [0.1, 0.15) is 0 Å². The number of hydrogen-bond donors (Lipinski definition) is 29. The summed E-state index contributed by atoms with van der Waals surface area (Å²) in [5.41, 5.74) is 0. The normalized spacial score (nSPS) is 54.4. The van der Waals surface area contributed by atoms with Gasteiger partial charge in [-0.2, -0.15) is 0 Å². The lowest BCUT2D eigenvalue weighted by Gasteiger charge is -2.50. The number of rotatable bonds is 13. The zero-order valence-corrected chi connectivity index (χ0v) is 52.3. The van der Waals surface area contributed by atoms with Crippen molar-refractivity contribution < 1.29 is 229 Å². The van der Waals surface area contributed by atoms with Gasteiger partial charge >= 0.3 is 0 Å². The van der Waals surface area contributed by atoms with Gasteiger partial charge in [-0.05, 0) is 0 Å². The summed E-state index contributed by atoms with van der Waals surface area (Å²) in [6.45, 7) is -8.31. The van der Waals surface area contributed by atoms with Gasteiger partial charge in [0, 0.05) is 0 Å². The second-order valence-corrected chi connectivity index (χ2v) is 25.2. The molecule has 25 saturated heterocycles. The van der Waals surface area contributed by atoms with E-state index < -0.39 is 336 Å². The first-order valence-corrected chi connectivity index (χ1v) is 31.7. The molecule has 25 heterocycles. The maximum absolute atomic E-state index is 11.2. The topological polar surface area (TPSA) is 744 Å². The van der Waals surface area contributed by atoms with Crippen LogP contribution in [0.2, 0.25) is 0 Å². The lowest BCUT2D eigenvalue weighted by Crippen LogP contribution is -2.69. The van der Waals surface area contributed by atoms with Crippen LogP contribution in [0.25, 0.3) is 0 Å². The Morgan fingerprint density at radius 3 is 0.620 bits per heavy atom. The first-order chi connectivity index (χ1) is 47.5. The van der Waals surface area contributed by atoms with Crippen LogP contribution >= 0.6 is 0 Å². The molecule has 1 unspecified atom stereocenters. The van der Waals surface area contributed by atoms with Crippen molar-refractivity contribution in [2.45, 2.75) is 276 Å². The fraction of sp³-hybridized carbons (Fsp3) is 1.00. The summed E-state index contributed by atoms with van der Waals surface area (Å²) in [5, 5.41) is 305. The van der Waals surface area contributed by atoms with E-state index in [0.29, 0.717) is 0 Å². The van der Waals surface area contributed by atoms with Crippen molar-refractivity contribution in [3.05, 3.63) is 0 Å². The highest BCUT2D eigenvalue weighted by molar-refractivity contribution is 5.02. The summed E-state index contributed by atoms with van der Waals surface area (Å²) in [5.74, 6) is 0. The summed E-state index contributed by atoms with van der Waals surface area (Å²) in [4.78, 5) is 0. The largest absolute Gasteiger partial charge is 0.394 e. The second-order valence-electron chi connectivity index (χ2n) is 25.2. The summed E-state index contributed by atoms with van der Waals surface area (Å²) < 4.78 is 94.3. The van der Waals surface area contributed by atoms with Gasteiger partial charge in [0.1, 0.15) is 220 Å². The minimum Gasteiger partial charge on any atom is -0.394 e. The summed E-state index contributed by atoms with van der Waals surface area (Å²) in [6.07, 6.45) is -83.6. The smallest absolute Gasteiger partial charge is 0.187 e. The third-order valence-corrected chi connectivity index (χ3v) is 18.8. The molecule has 0 saturated carbocycles. The van der Waals surface area contributed by atoms with E-state index in [0.717, 1.165) is 0 Å². The van der Waals surface area contributed by atoms with Gasteiger partial charge in [0.05, 0.1) is 59.5 Å². The van der Waals surface area contributed by atoms with Gasteiger partial charge in [-0.25, -0.2) is 0 Å². The van der Waals surface area contributed by atoms with Crippen LogP contribution in [0.3, 0.4) is 0 Å². The highest BCUT2D eigenvalue weighted by Gasteiger charge is 2.60. The van der Waals surface area contributed by atoms with Gasteiger partial charge in [0.15, 0.2) is 56.6 Å². The Hall–Kier alpha value is -1.84. The number of ether oxygens (including phenoxy) is 17. The average Bonchev–Trinajstić information content (AvgIpc) is 0.764. The van der Waals surface area contributed by atoms with Crippen molar-refractivity contribution in [1.29, 1.82) is 0 Å². The van der Waals surface area contributed by atoms with Gasteiger partial charge in [0.25, 0.3) is 0 Å². The molecule has 0 aliphatic carbocycles. The van der Waals surface area contributed by atoms with Crippen LogP contribution in [-0.4, -0.2) is 484 Å². The molecule has 0 aromatic rings. The summed E-state index contributed by atoms with van der Waals surface area (Å²) in [6, 6.07) is 0. The number of aliphatic hydroxyl groups excluding tert-OH is 29. The first-order valence-electron chi connectivity index (χ1n) is 31.7. The minimum absolute atomic E-state index is 0.741. The molecule has 25 rings (SSSR count). The Bertz CT molecular complexity index is 2160. The zero-order chi connectivity index (χ0) is 73.4. The minimum atomic E-state index is -2.15. The molecule has 25 fully saturated rings. The quantitative estimate of drug-likeness (QED) is 0.0814. The third-order valence-electron chi connectivity index (χ3n) is 18.8. The van der Waals surface area contributed by atoms with Crippen molar-refractivity contribution in [3.8, 4) is 0 Å². The molecule has 29 N–H and O–H groups in total. The van der Waals surface area contributed by atoms with Gasteiger partial charge in [-0.3, -0.25) is 0 Å². The first kappa shape index (κ1) is 82.2. The van der Waals surface area contributed by atoms with E-state index >= 15 is 0 Å². The lowest BCUT2D eigenvalue weighted by molar-refractivity contribution is -0.404. The maximum atomic E-state index is 11.2. The lowest BCUT2D eigenvalue weighted by atomic mass is 9.94. The average molecular weight is 1480 g/mol. The van der Waals surface area contributed by atoms with Crippen LogP contribution in [0.5, 0.6) is 0 Å². The molecule has 46 heteroatoms. The van der Waals surface area contributed by atoms with Crippen LogP contribution < -0.4 is 0 Å². The molecule has 100 heavy (non-hydrogen) atoms. The third kappa shape index (κ3) is 16.7. The van der Waals surface area contributed by atoms with E-state index in [1.54, 1.807) is 0 Å². The van der Waals surface area contributed by atoms with E-state index in [4.69, 9.17) is 80.5 Å². The Labute approximate surface area is 563 Å². The van der Waals surface area contributed by atoms with Crippen molar-refractivity contribution in [1.82, 2.24) is 0 Å². The van der Waals surface area contributed by atoms with E-state index in [-0.39, 0.29) is 0 Å². The van der Waals surface area contributed by atoms with E-state index in [9.17, 15) is 148 Å². The van der Waals surface area contributed by atoms with E-state index in [1.807, 2.05) is 0 Å². The van der Waals surface area contributed by atoms with Crippen LogP contribution in [0.15, 0.2) is 0 Å². The van der Waals surface area contributed by atoms with Gasteiger partial charge in [-0.1, -0.05) is 0 Å². The molecule has 0 aromatic heterocycles. The van der Waals surface area contributed by atoms with E-state index in [2.05, 4.69) is 0 Å². The Kier molecular flexibility index (Phi) is 29.2. The molecule has 0 aromatic carbocycles. The van der Waals surface area contributed by atoms with Crippen molar-refractivity contribution in [2.24, 2.45) is 0 Å². The van der Waals surface area contributed by atoms with Gasteiger partial charge in [-0.15, -0.1) is 0 Å². The molecule has 45 atom stereocenters. The monoisotopic (exact) mass is 1480 g/mol. The predicted molar refractivity (Wildman–Crippen MR) is 297 cm³/mol. The molecular formula is C54H92O46. The zero-order valence-electron chi connectivity index (χ0n) is 52.3. The van der Waals surface area contributed by atoms with Crippen LogP contribution in [-0.2, 0) is 80.5 Å². The summed E-state index contributed by atoms with van der Waals surface area (Å²) >= 11 is 0. The van der Waals surface area contributed by atoms with Crippen LogP contribution in [0.4, 0.5) is 0 Å². The fourth-order valence-electron chi connectivity index (χ4n) is 13.0. The van der Waals surface area contributed by atoms with Crippen molar-refractivity contribution >= 4 is 0 Å². The highest BCUT2D eigenvalue weighted by atomic mass is 16.8. The number of aliphatic hydroxyl groups is 29. The Balaban J connectivity index is 0.000000288. The molecule has 25 aliphatic heterocycles. The molecule has 0 spiro atoms. The SMILES string of the molecule is OC[C@H]1O[C@@H](O[C@H]2[C@H](O)[C@@H](O)[C@H](O[C@H]3[C@H](O)[C@@H](O)C(O)O[C@@H]3CO)O[C@@H]2CO)[C@H](O)[C@@H](O)[C@@H]1O.OC[C@H]1O[C@@H]2O[C@H]3[C@H](O)[C@@H](O)[C@@H](O[C@H]4[C@H](O)[C@@H](O)[C@@H](O[C@H]5[C@H](O)[C@@H](O)[C@@H](O[C@H]6[C@H](O)[C@@H](O)[C@@H](O[C@H]7[C@H](O)[C@@H](O)[C@@H](O[C@H]1[C@H](O)[C@H]2O)O[C@@H]7CO)O[C@@H]6CO)O[C@@H]5CO)O[C@@H]4CO)O[C@@H]3CO. The van der Waals surface area contributed by atoms with Gasteiger partial charge in [0.2, 0.25) is 0 Å². The maximum Gasteiger partial charge on any atom is 0.187 e. The molecule has 12 bridgehead atoms. The molecule has 46 nitrogen and oxygen atoms in total. The fourth-order valence-corrected chi connectivity index (χ4v) is 13.0. The van der Waals surface area contributed by atoms with Gasteiger partial charge < -0.3 is 229 Å². The van der Waals surface area contributed by atoms with Crippen molar-refractivity contribution in [3.63, 3.8) is 0 Å².